The number of fused-ring (bicyclic) bond motifs is 3. The Morgan fingerprint density at radius 3 is 3.03 bits per heavy atom. The van der Waals surface area contributed by atoms with Crippen LogP contribution in [0.5, 0.6) is 0 Å². The predicted molar refractivity (Wildman–Crippen MR) is 143 cm³/mol. The number of amidine groups is 1. The van der Waals surface area contributed by atoms with Crippen LogP contribution in [-0.4, -0.2) is 42.3 Å². The molecule has 6 nitrogen and oxygen atoms in total. The predicted octanol–water partition coefficient (Wildman–Crippen LogP) is 6.87. The Morgan fingerprint density at radius 1 is 1.39 bits per heavy atom. The number of ether oxygens (including phenoxy) is 1. The molecule has 2 aromatic carbocycles. The van der Waals surface area contributed by atoms with Crippen LogP contribution in [0.1, 0.15) is 24.8 Å². The molecule has 0 aliphatic carbocycles. The van der Waals surface area contributed by atoms with Crippen molar-refractivity contribution >= 4 is 70.8 Å². The van der Waals surface area contributed by atoms with Gasteiger partial charge in [-0.2, -0.15) is 13.4 Å². The molecule has 3 aliphatic heterocycles. The zero-order valence-electron chi connectivity index (χ0n) is 18.6. The highest BCUT2D eigenvalue weighted by atomic mass is 127. The van der Waals surface area contributed by atoms with Crippen molar-refractivity contribution in [2.24, 2.45) is 8.14 Å². The molecule has 0 amide bonds. The second kappa shape index (κ2) is 8.93. The molecule has 0 radical (unpaired) electrons. The fraction of sp³-hybridized carbons (Fsp3) is 0.333. The van der Waals surface area contributed by atoms with Crippen LogP contribution in [-0.2, 0) is 4.74 Å². The Labute approximate surface area is 223 Å². The van der Waals surface area contributed by atoms with Crippen LogP contribution in [0.15, 0.2) is 26.3 Å². The summed E-state index contributed by atoms with van der Waals surface area (Å²) < 4.78 is 55.7. The summed E-state index contributed by atoms with van der Waals surface area (Å²) in [6.07, 6.45) is 1.35. The molecule has 3 aliphatic rings. The summed E-state index contributed by atoms with van der Waals surface area (Å²) in [5.74, 6) is -1.25. The summed E-state index contributed by atoms with van der Waals surface area (Å²) in [6, 6.07) is 6.29. The molecule has 1 aromatic heterocycles. The number of alkyl halides is 1. The van der Waals surface area contributed by atoms with Crippen molar-refractivity contribution in [3.05, 3.63) is 44.0 Å². The van der Waals surface area contributed by atoms with Crippen LogP contribution in [0, 0.1) is 26.5 Å². The molecule has 6 rings (SSSR count). The molecule has 36 heavy (non-hydrogen) atoms. The van der Waals surface area contributed by atoms with Gasteiger partial charge in [0.15, 0.2) is 5.82 Å². The first kappa shape index (κ1) is 24.1. The van der Waals surface area contributed by atoms with Crippen molar-refractivity contribution in [2.75, 3.05) is 25.4 Å². The number of nitriles is 1. The number of hydrogen-bond acceptors (Lipinski definition) is 7. The van der Waals surface area contributed by atoms with Gasteiger partial charge in [0.05, 0.1) is 24.4 Å². The van der Waals surface area contributed by atoms with Gasteiger partial charge in [-0.15, -0.1) is 11.3 Å². The standard InChI is InChI=1S/C24H18ClF3IN5OS/c25-14-6-16-20(32-23(33-29-16)35-10-24-4-1-5-34(24)9-11(26)7-24)19(28)18(14)12-2-3-15(27)21-17(12)13(8-30)22(31)36-21/h2-3,6,11H,1,4-5,7,9-10,31H2/t11-,24+/m1/s1. The molecule has 2 fully saturated rings. The Bertz CT molecular complexity index is 1540. The lowest BCUT2D eigenvalue weighted by Gasteiger charge is -2.31. The Morgan fingerprint density at radius 2 is 2.22 bits per heavy atom. The average molecular weight is 644 g/mol. The lowest BCUT2D eigenvalue weighted by atomic mass is 9.95. The van der Waals surface area contributed by atoms with Gasteiger partial charge in [-0.3, -0.25) is 4.90 Å². The molecule has 0 bridgehead atoms. The smallest absolute Gasteiger partial charge is 0.322 e. The Balaban J connectivity index is 1.40. The van der Waals surface area contributed by atoms with E-state index in [2.05, 4.69) is 13.0 Å². The fourth-order valence-electron chi connectivity index (χ4n) is 5.40. The third kappa shape index (κ3) is 3.72. The van der Waals surface area contributed by atoms with Crippen molar-refractivity contribution in [1.82, 2.24) is 4.90 Å². The molecule has 0 unspecified atom stereocenters. The number of halogens is 5. The van der Waals surface area contributed by atoms with E-state index < -0.39 is 38.8 Å². The van der Waals surface area contributed by atoms with Crippen molar-refractivity contribution in [3.8, 4) is 17.2 Å². The first-order valence-corrected chi connectivity index (χ1v) is 14.4. The second-order valence-electron chi connectivity index (χ2n) is 9.06. The van der Waals surface area contributed by atoms with E-state index in [0.29, 0.717) is 16.5 Å². The van der Waals surface area contributed by atoms with Crippen molar-refractivity contribution in [3.63, 3.8) is 0 Å². The molecule has 0 saturated carbocycles. The number of aliphatic imine (C=N–C) groups is 1. The highest BCUT2D eigenvalue weighted by molar-refractivity contribution is 14.2. The minimum absolute atomic E-state index is 0.0142. The molecule has 4 heterocycles. The van der Waals surface area contributed by atoms with Crippen LogP contribution in [0.4, 0.5) is 23.9 Å². The lowest BCUT2D eigenvalue weighted by molar-refractivity contribution is 0.106. The third-order valence-electron chi connectivity index (χ3n) is 6.99. The van der Waals surface area contributed by atoms with E-state index in [-0.39, 0.29) is 60.7 Å². The summed E-state index contributed by atoms with van der Waals surface area (Å²) >= 11 is 6.41. The van der Waals surface area contributed by atoms with E-state index in [1.807, 2.05) is 6.07 Å². The van der Waals surface area contributed by atoms with Gasteiger partial charge in [-0.05, 0) is 37.1 Å². The van der Waals surface area contributed by atoms with Crippen LogP contribution in [0.3, 0.4) is 0 Å². The number of nitrogens with two attached hydrogens (primary N) is 1. The summed E-state index contributed by atoms with van der Waals surface area (Å²) in [6.45, 7) is 1.49. The van der Waals surface area contributed by atoms with Crippen LogP contribution < -0.4 is 5.73 Å². The molecular formula is C24H18ClF3IN5OS. The van der Waals surface area contributed by atoms with Gasteiger partial charge >= 0.3 is 6.02 Å². The van der Waals surface area contributed by atoms with E-state index >= 15 is 4.39 Å². The molecule has 186 valence electrons. The normalized spacial score (nSPS) is 23.2. The molecule has 2 atom stereocenters. The quantitative estimate of drug-likeness (QED) is 0.316. The second-order valence-corrected chi connectivity index (χ2v) is 12.6. The average Bonchev–Trinajstić information content (AvgIpc) is 3.49. The molecule has 2 saturated heterocycles. The van der Waals surface area contributed by atoms with Crippen LogP contribution >= 0.6 is 44.0 Å². The number of nitrogens with zero attached hydrogens (tertiary/aromatic N) is 4. The maximum atomic E-state index is 16.0. The van der Waals surface area contributed by atoms with Gasteiger partial charge in [0, 0.05) is 44.9 Å². The summed E-state index contributed by atoms with van der Waals surface area (Å²) in [4.78, 5) is 6.48. The summed E-state index contributed by atoms with van der Waals surface area (Å²) in [5, 5.41) is 10.1. The van der Waals surface area contributed by atoms with Crippen molar-refractivity contribution in [1.29, 1.82) is 5.26 Å². The van der Waals surface area contributed by atoms with Crippen LogP contribution in [0.25, 0.3) is 21.2 Å². The van der Waals surface area contributed by atoms with Gasteiger partial charge in [-0.25, -0.2) is 13.2 Å². The van der Waals surface area contributed by atoms with Crippen LogP contribution in [0.2, 0.25) is 5.02 Å². The fourth-order valence-corrected chi connectivity index (χ4v) is 8.58. The highest BCUT2D eigenvalue weighted by Crippen LogP contribution is 2.47. The topological polar surface area (TPSA) is 87.0 Å². The SMILES string of the molecule is N#Cc1c(N)sc2c(F)ccc(-c3c(Cl)cc4c(c3F)N=C(OC[C@@]35CCCN3C[C@H](F)C5)N=I4)c12. The van der Waals surface area contributed by atoms with E-state index in [9.17, 15) is 14.0 Å². The monoisotopic (exact) mass is 643 g/mol. The maximum absolute atomic E-state index is 16.0. The lowest BCUT2D eigenvalue weighted by Crippen LogP contribution is -2.42. The number of benzene rings is 2. The van der Waals surface area contributed by atoms with Gasteiger partial charge in [-0.1, -0.05) is 17.7 Å². The third-order valence-corrected chi connectivity index (χ3v) is 10.3. The van der Waals surface area contributed by atoms with Crippen molar-refractivity contribution in [2.45, 2.75) is 31.0 Å². The maximum Gasteiger partial charge on any atom is 0.322 e. The molecular weight excluding hydrogens is 626 g/mol. The number of nitrogen functional groups attached to an aromatic ring is 1. The molecule has 12 heteroatoms. The minimum Gasteiger partial charge on any atom is -0.461 e. The van der Waals surface area contributed by atoms with Crippen molar-refractivity contribution < 1.29 is 17.9 Å². The zero-order chi connectivity index (χ0) is 25.2. The van der Waals surface area contributed by atoms with Gasteiger partial charge in [0.25, 0.3) is 0 Å². The van der Waals surface area contributed by atoms with Gasteiger partial charge in [0.2, 0.25) is 0 Å². The summed E-state index contributed by atoms with van der Waals surface area (Å²) in [5.41, 5.74) is 6.00. The molecule has 2 N–H and O–H groups in total. The molecule has 0 spiro atoms. The van der Waals surface area contributed by atoms with Gasteiger partial charge < -0.3 is 10.5 Å². The summed E-state index contributed by atoms with van der Waals surface area (Å²) in [7, 11) is 0. The number of hydrogen-bond donors (Lipinski definition) is 1. The molecule has 3 aromatic rings. The Kier molecular flexibility index (Phi) is 5.98. The number of anilines is 1. The first-order chi connectivity index (χ1) is 17.3. The zero-order valence-corrected chi connectivity index (χ0v) is 22.4. The van der Waals surface area contributed by atoms with E-state index in [0.717, 1.165) is 30.7 Å². The highest BCUT2D eigenvalue weighted by Gasteiger charge is 2.49. The number of rotatable bonds is 3. The Hall–Kier alpha value is -2.27. The van der Waals surface area contributed by atoms with E-state index in [4.69, 9.17) is 22.1 Å². The minimum atomic E-state index is -1.03. The van der Waals surface area contributed by atoms with E-state index in [1.165, 1.54) is 12.1 Å². The van der Waals surface area contributed by atoms with Gasteiger partial charge in [0.1, 0.15) is 35.4 Å². The first-order valence-electron chi connectivity index (χ1n) is 11.2. The number of thiophene rings is 1. The van der Waals surface area contributed by atoms with E-state index in [1.54, 1.807) is 6.07 Å². The largest absolute Gasteiger partial charge is 0.461 e.